The molecule has 1 amide bonds. The molecule has 1 saturated carbocycles. The summed E-state index contributed by atoms with van der Waals surface area (Å²) in [5, 5.41) is 15.5. The van der Waals surface area contributed by atoms with Gasteiger partial charge in [0.05, 0.1) is 23.5 Å². The zero-order chi connectivity index (χ0) is 13.9. The summed E-state index contributed by atoms with van der Waals surface area (Å²) in [5.41, 5.74) is 7.54. The van der Waals surface area contributed by atoms with E-state index in [1.54, 1.807) is 18.2 Å². The fourth-order valence-electron chi connectivity index (χ4n) is 2.28. The minimum atomic E-state index is -0.270. The molecule has 0 aliphatic heterocycles. The highest BCUT2D eigenvalue weighted by atomic mass is 16.3. The number of nitrogen functional groups attached to an aromatic ring is 1. The van der Waals surface area contributed by atoms with Crippen molar-refractivity contribution in [2.75, 3.05) is 24.2 Å². The van der Waals surface area contributed by atoms with Crippen LogP contribution >= 0.6 is 0 Å². The lowest BCUT2D eigenvalue weighted by Crippen LogP contribution is -2.48. The monoisotopic (exact) mass is 263 g/mol. The van der Waals surface area contributed by atoms with E-state index in [1.165, 1.54) is 0 Å². The van der Waals surface area contributed by atoms with Gasteiger partial charge in [-0.05, 0) is 44.4 Å². The van der Waals surface area contributed by atoms with Crippen LogP contribution in [0.1, 0.15) is 36.5 Å². The summed E-state index contributed by atoms with van der Waals surface area (Å²) in [7, 11) is 0. The Bertz CT molecular complexity index is 464. The molecular formula is C14H21N3O2. The molecule has 19 heavy (non-hydrogen) atoms. The van der Waals surface area contributed by atoms with E-state index in [0.717, 1.165) is 24.9 Å². The van der Waals surface area contributed by atoms with Crippen LogP contribution in [0.4, 0.5) is 11.4 Å². The lowest BCUT2D eigenvalue weighted by atomic mass is 9.77. The van der Waals surface area contributed by atoms with Crippen molar-refractivity contribution in [2.45, 2.75) is 31.7 Å². The molecule has 1 aliphatic carbocycles. The third kappa shape index (κ3) is 2.81. The molecule has 0 unspecified atom stereocenters. The predicted molar refractivity (Wildman–Crippen MR) is 76.2 cm³/mol. The van der Waals surface area contributed by atoms with Crippen LogP contribution in [0.2, 0.25) is 0 Å². The number of nitrogens with two attached hydrogens (primary N) is 1. The van der Waals surface area contributed by atoms with E-state index < -0.39 is 0 Å². The van der Waals surface area contributed by atoms with E-state index >= 15 is 0 Å². The number of aliphatic hydroxyl groups is 1. The number of carbonyl (C=O) groups is 1. The Morgan fingerprint density at radius 1 is 1.47 bits per heavy atom. The SMILES string of the molecule is CCNC(=O)c1ccc(N)c(NC2(CO)CCC2)c1. The van der Waals surface area contributed by atoms with Crippen molar-refractivity contribution in [3.05, 3.63) is 23.8 Å². The van der Waals surface area contributed by atoms with Gasteiger partial charge in [-0.1, -0.05) is 0 Å². The molecule has 104 valence electrons. The van der Waals surface area contributed by atoms with Crippen LogP contribution in [0.25, 0.3) is 0 Å². The third-order valence-electron chi connectivity index (χ3n) is 3.67. The van der Waals surface area contributed by atoms with E-state index in [1.807, 2.05) is 6.92 Å². The van der Waals surface area contributed by atoms with Crippen LogP contribution < -0.4 is 16.4 Å². The van der Waals surface area contributed by atoms with Gasteiger partial charge >= 0.3 is 0 Å². The number of hydrogen-bond acceptors (Lipinski definition) is 4. The number of nitrogens with one attached hydrogen (secondary N) is 2. The van der Waals surface area contributed by atoms with E-state index in [2.05, 4.69) is 10.6 Å². The van der Waals surface area contributed by atoms with E-state index in [0.29, 0.717) is 17.8 Å². The quantitative estimate of drug-likeness (QED) is 0.604. The second-order valence-electron chi connectivity index (χ2n) is 5.08. The highest BCUT2D eigenvalue weighted by Gasteiger charge is 2.36. The van der Waals surface area contributed by atoms with Gasteiger partial charge in [0, 0.05) is 12.1 Å². The standard InChI is InChI=1S/C14H21N3O2/c1-2-16-13(19)10-4-5-11(15)12(8-10)17-14(9-18)6-3-7-14/h4-5,8,17-18H,2-3,6-7,9,15H2,1H3,(H,16,19). The molecule has 0 aromatic heterocycles. The van der Waals surface area contributed by atoms with Crippen molar-refractivity contribution in [3.63, 3.8) is 0 Å². The first kappa shape index (κ1) is 13.7. The summed E-state index contributed by atoms with van der Waals surface area (Å²) in [6.07, 6.45) is 2.95. The van der Waals surface area contributed by atoms with E-state index in [9.17, 15) is 9.90 Å². The first-order valence-corrected chi connectivity index (χ1v) is 6.67. The molecule has 1 aromatic carbocycles. The van der Waals surface area contributed by atoms with Gasteiger partial charge in [0.1, 0.15) is 0 Å². The average molecular weight is 263 g/mol. The van der Waals surface area contributed by atoms with E-state index in [4.69, 9.17) is 5.73 Å². The summed E-state index contributed by atoms with van der Waals surface area (Å²) in [4.78, 5) is 11.8. The van der Waals surface area contributed by atoms with Gasteiger partial charge < -0.3 is 21.5 Å². The molecule has 2 rings (SSSR count). The molecule has 1 fully saturated rings. The Labute approximate surface area is 113 Å². The number of hydrogen-bond donors (Lipinski definition) is 4. The van der Waals surface area contributed by atoms with Crippen molar-refractivity contribution in [1.82, 2.24) is 5.32 Å². The van der Waals surface area contributed by atoms with Crippen LogP contribution in [0.5, 0.6) is 0 Å². The van der Waals surface area contributed by atoms with Gasteiger partial charge in [0.2, 0.25) is 0 Å². The number of amides is 1. The largest absolute Gasteiger partial charge is 0.397 e. The first-order valence-electron chi connectivity index (χ1n) is 6.67. The van der Waals surface area contributed by atoms with Crippen LogP contribution in [0.3, 0.4) is 0 Å². The Hall–Kier alpha value is -1.75. The lowest BCUT2D eigenvalue weighted by Gasteiger charge is -2.42. The van der Waals surface area contributed by atoms with Crippen molar-refractivity contribution in [1.29, 1.82) is 0 Å². The van der Waals surface area contributed by atoms with Crippen LogP contribution in [-0.2, 0) is 0 Å². The number of benzene rings is 1. The summed E-state index contributed by atoms with van der Waals surface area (Å²) in [6.45, 7) is 2.55. The first-order chi connectivity index (χ1) is 9.10. The Morgan fingerprint density at radius 3 is 2.74 bits per heavy atom. The molecule has 0 heterocycles. The number of rotatable bonds is 5. The van der Waals surface area contributed by atoms with Gasteiger partial charge in [-0.2, -0.15) is 0 Å². The summed E-state index contributed by atoms with van der Waals surface area (Å²) in [6, 6.07) is 5.17. The minimum Gasteiger partial charge on any atom is -0.397 e. The number of anilines is 2. The molecule has 5 N–H and O–H groups in total. The summed E-state index contributed by atoms with van der Waals surface area (Å²) in [5.74, 6) is -0.114. The smallest absolute Gasteiger partial charge is 0.251 e. The van der Waals surface area contributed by atoms with Gasteiger partial charge in [-0.25, -0.2) is 0 Å². The number of carbonyl (C=O) groups excluding carboxylic acids is 1. The highest BCUT2D eigenvalue weighted by molar-refractivity contribution is 5.96. The highest BCUT2D eigenvalue weighted by Crippen LogP contribution is 2.36. The minimum absolute atomic E-state index is 0.0812. The van der Waals surface area contributed by atoms with Crippen LogP contribution in [0, 0.1) is 0 Å². The normalized spacial score (nSPS) is 16.5. The molecule has 1 aliphatic rings. The fourth-order valence-corrected chi connectivity index (χ4v) is 2.28. The van der Waals surface area contributed by atoms with Crippen LogP contribution in [-0.4, -0.2) is 29.7 Å². The molecular weight excluding hydrogens is 242 g/mol. The summed E-state index contributed by atoms with van der Waals surface area (Å²) >= 11 is 0. The molecule has 1 aromatic rings. The Kier molecular flexibility index (Phi) is 3.95. The molecule has 0 spiro atoms. The van der Waals surface area contributed by atoms with Gasteiger partial charge in [0.25, 0.3) is 5.91 Å². The summed E-state index contributed by atoms with van der Waals surface area (Å²) < 4.78 is 0. The topological polar surface area (TPSA) is 87.4 Å². The molecule has 0 bridgehead atoms. The Morgan fingerprint density at radius 2 is 2.21 bits per heavy atom. The van der Waals surface area contributed by atoms with E-state index in [-0.39, 0.29) is 18.1 Å². The van der Waals surface area contributed by atoms with Crippen molar-refractivity contribution in [2.24, 2.45) is 0 Å². The average Bonchev–Trinajstić information content (AvgIpc) is 2.36. The third-order valence-corrected chi connectivity index (χ3v) is 3.67. The molecule has 5 heteroatoms. The van der Waals surface area contributed by atoms with Crippen molar-refractivity contribution >= 4 is 17.3 Å². The molecule has 0 saturated heterocycles. The fraction of sp³-hybridized carbons (Fsp3) is 0.500. The zero-order valence-electron chi connectivity index (χ0n) is 11.2. The van der Waals surface area contributed by atoms with Gasteiger partial charge in [-0.3, -0.25) is 4.79 Å². The molecule has 0 atom stereocenters. The number of aliphatic hydroxyl groups excluding tert-OH is 1. The van der Waals surface area contributed by atoms with Gasteiger partial charge in [0.15, 0.2) is 0 Å². The second-order valence-corrected chi connectivity index (χ2v) is 5.08. The van der Waals surface area contributed by atoms with Gasteiger partial charge in [-0.15, -0.1) is 0 Å². The van der Waals surface area contributed by atoms with Crippen LogP contribution in [0.15, 0.2) is 18.2 Å². The zero-order valence-corrected chi connectivity index (χ0v) is 11.2. The maximum Gasteiger partial charge on any atom is 0.251 e. The molecule has 5 nitrogen and oxygen atoms in total. The maximum absolute atomic E-state index is 11.8. The molecule has 0 radical (unpaired) electrons. The predicted octanol–water partition coefficient (Wildman–Crippen LogP) is 1.35. The van der Waals surface area contributed by atoms with Crippen molar-refractivity contribution in [3.8, 4) is 0 Å². The maximum atomic E-state index is 11.8. The van der Waals surface area contributed by atoms with Crippen molar-refractivity contribution < 1.29 is 9.90 Å². The Balaban J connectivity index is 2.19. The second kappa shape index (κ2) is 5.48. The lowest BCUT2D eigenvalue weighted by molar-refractivity contribution is 0.0956.